The summed E-state index contributed by atoms with van der Waals surface area (Å²) in [6.45, 7) is 5.74. The summed E-state index contributed by atoms with van der Waals surface area (Å²) >= 11 is 1.58. The minimum absolute atomic E-state index is 0.00745. The number of methoxy groups -OCH3 is 1. The van der Waals surface area contributed by atoms with Crippen molar-refractivity contribution in [3.05, 3.63) is 29.8 Å². The maximum Gasteiger partial charge on any atom is 0.318 e. The van der Waals surface area contributed by atoms with Crippen LogP contribution in [0.1, 0.15) is 57.1 Å². The first-order chi connectivity index (χ1) is 19.5. The van der Waals surface area contributed by atoms with E-state index in [-0.39, 0.29) is 41.9 Å². The fourth-order valence-electron chi connectivity index (χ4n) is 5.21. The maximum absolute atomic E-state index is 13.2. The predicted molar refractivity (Wildman–Crippen MR) is 159 cm³/mol. The lowest BCUT2D eigenvalue weighted by molar-refractivity contribution is -0.119. The van der Waals surface area contributed by atoms with Crippen molar-refractivity contribution >= 4 is 23.7 Å². The third-order valence-corrected chi connectivity index (χ3v) is 8.82. The number of ether oxygens (including phenoxy) is 3. The Bertz CT molecular complexity index is 933. The van der Waals surface area contributed by atoms with E-state index < -0.39 is 0 Å². The number of benzene rings is 1. The number of hydrogen-bond acceptors (Lipinski definition) is 7. The van der Waals surface area contributed by atoms with Gasteiger partial charge in [0.2, 0.25) is 5.91 Å². The quantitative estimate of drug-likeness (QED) is 0.158. The molecule has 2 aliphatic rings. The highest BCUT2D eigenvalue weighted by Crippen LogP contribution is 2.33. The summed E-state index contributed by atoms with van der Waals surface area (Å²) < 4.78 is 16.1. The highest BCUT2D eigenvalue weighted by molar-refractivity contribution is 8.00. The van der Waals surface area contributed by atoms with E-state index in [9.17, 15) is 9.59 Å². The van der Waals surface area contributed by atoms with Gasteiger partial charge in [-0.1, -0.05) is 50.7 Å². The van der Waals surface area contributed by atoms with Gasteiger partial charge in [0.15, 0.2) is 0 Å². The Labute approximate surface area is 243 Å². The van der Waals surface area contributed by atoms with Crippen LogP contribution in [-0.2, 0) is 14.3 Å². The highest BCUT2D eigenvalue weighted by Gasteiger charge is 2.38. The van der Waals surface area contributed by atoms with E-state index in [0.717, 1.165) is 37.0 Å². The zero-order valence-corrected chi connectivity index (χ0v) is 24.8. The first kappa shape index (κ1) is 32.1. The first-order valence-corrected chi connectivity index (χ1v) is 15.5. The molecule has 3 N–H and O–H groups in total. The maximum atomic E-state index is 13.2. The minimum Gasteiger partial charge on any atom is -0.497 e. The molecule has 40 heavy (non-hydrogen) atoms. The van der Waals surface area contributed by atoms with E-state index in [0.29, 0.717) is 45.2 Å². The number of carbonyl (C=O) groups is 2. The number of urea groups is 1. The number of amides is 3. The molecule has 3 amide bonds. The molecule has 1 saturated heterocycles. The third-order valence-electron chi connectivity index (χ3n) is 7.36. The second-order valence-electron chi connectivity index (χ2n) is 10.4. The number of nitrogens with one attached hydrogen (secondary N) is 3. The van der Waals surface area contributed by atoms with E-state index in [1.807, 2.05) is 29.2 Å². The van der Waals surface area contributed by atoms with Crippen LogP contribution in [-0.4, -0.2) is 87.2 Å². The average Bonchev–Trinajstić information content (AvgIpc) is 3.25. The van der Waals surface area contributed by atoms with Gasteiger partial charge in [-0.15, -0.1) is 18.2 Å². The Morgan fingerprint density at radius 1 is 1.15 bits per heavy atom. The lowest BCUT2D eigenvalue weighted by atomic mass is 10.0. The van der Waals surface area contributed by atoms with E-state index in [1.165, 1.54) is 12.8 Å². The van der Waals surface area contributed by atoms with Crippen molar-refractivity contribution in [1.29, 1.82) is 0 Å². The molecule has 1 heterocycles. The largest absolute Gasteiger partial charge is 0.497 e. The van der Waals surface area contributed by atoms with Crippen LogP contribution in [0.2, 0.25) is 0 Å². The van der Waals surface area contributed by atoms with Crippen LogP contribution in [0.25, 0.3) is 0 Å². The van der Waals surface area contributed by atoms with Crippen molar-refractivity contribution < 1.29 is 23.8 Å². The zero-order chi connectivity index (χ0) is 28.6. The fourth-order valence-corrected chi connectivity index (χ4v) is 6.47. The van der Waals surface area contributed by atoms with Crippen molar-refractivity contribution in [3.63, 3.8) is 0 Å². The lowest BCUT2D eigenvalue weighted by Crippen LogP contribution is -2.59. The standard InChI is InChI=1S/C30H46N4O5S/c1-4-16-38-18-19-39-17-15-31-21-27(24-11-13-26(37-3)14-12-24)33-28(35)22-40-29-23(2)20-32-30(36)34(29)25-9-7-5-6-8-10-25/h1,11-14,23,25,27,29,31H,5-10,15-22H2,2-3H3,(H,32,36)(H,33,35)/t23?,27-,29?/m1/s1. The van der Waals surface area contributed by atoms with Gasteiger partial charge in [0, 0.05) is 31.6 Å². The number of terminal acetylenes is 1. The van der Waals surface area contributed by atoms with Gasteiger partial charge in [0.25, 0.3) is 0 Å². The second kappa shape index (κ2) is 18.1. The molecule has 3 rings (SSSR count). The molecular formula is C30H46N4O5S. The van der Waals surface area contributed by atoms with Gasteiger partial charge in [-0.25, -0.2) is 4.79 Å². The molecule has 1 aromatic carbocycles. The number of nitrogens with zero attached hydrogens (tertiary/aromatic N) is 1. The van der Waals surface area contributed by atoms with Crippen LogP contribution in [0.4, 0.5) is 4.79 Å². The van der Waals surface area contributed by atoms with Crippen LogP contribution in [0, 0.1) is 18.3 Å². The van der Waals surface area contributed by atoms with Gasteiger partial charge in [0.1, 0.15) is 12.4 Å². The zero-order valence-electron chi connectivity index (χ0n) is 24.0. The molecule has 2 unspecified atom stereocenters. The topological polar surface area (TPSA) is 101 Å². The molecular weight excluding hydrogens is 528 g/mol. The first-order valence-electron chi connectivity index (χ1n) is 14.4. The van der Waals surface area contributed by atoms with Crippen LogP contribution < -0.4 is 20.7 Å². The average molecular weight is 575 g/mol. The van der Waals surface area contributed by atoms with E-state index in [1.54, 1.807) is 18.9 Å². The van der Waals surface area contributed by atoms with Gasteiger partial charge < -0.3 is 35.1 Å². The summed E-state index contributed by atoms with van der Waals surface area (Å²) in [4.78, 5) is 28.2. The Morgan fingerprint density at radius 2 is 1.88 bits per heavy atom. The molecule has 1 aliphatic carbocycles. The molecule has 222 valence electrons. The molecule has 1 aliphatic heterocycles. The van der Waals surface area contributed by atoms with Gasteiger partial charge in [-0.2, -0.15) is 0 Å². The lowest BCUT2D eigenvalue weighted by Gasteiger charge is -2.44. The van der Waals surface area contributed by atoms with Crippen molar-refractivity contribution in [1.82, 2.24) is 20.9 Å². The Hall–Kier alpha value is -2.45. The number of hydrogen-bond donors (Lipinski definition) is 3. The van der Waals surface area contributed by atoms with E-state index in [4.69, 9.17) is 20.6 Å². The van der Waals surface area contributed by atoms with Gasteiger partial charge >= 0.3 is 6.03 Å². The Kier molecular flexibility index (Phi) is 14.5. The predicted octanol–water partition coefficient (Wildman–Crippen LogP) is 3.55. The van der Waals surface area contributed by atoms with Crippen molar-refractivity contribution in [2.75, 3.05) is 58.9 Å². The summed E-state index contributed by atoms with van der Waals surface area (Å²) in [5, 5.41) is 9.63. The van der Waals surface area contributed by atoms with Crippen LogP contribution in [0.5, 0.6) is 5.75 Å². The number of thioether (sulfide) groups is 1. The minimum atomic E-state index is -0.219. The SMILES string of the molecule is C#CCOCCOCCNC[C@@H](NC(=O)CSC1C(C)CNC(=O)N1C1CCCCCC1)c1ccc(OC)cc1. The number of carbonyl (C=O) groups excluding carboxylic acids is 2. The highest BCUT2D eigenvalue weighted by atomic mass is 32.2. The second-order valence-corrected chi connectivity index (χ2v) is 11.5. The van der Waals surface area contributed by atoms with Gasteiger partial charge in [-0.05, 0) is 30.5 Å². The molecule has 10 heteroatoms. The fraction of sp³-hybridized carbons (Fsp3) is 0.667. The molecule has 2 fully saturated rings. The molecule has 0 radical (unpaired) electrons. The molecule has 0 aromatic heterocycles. The monoisotopic (exact) mass is 574 g/mol. The van der Waals surface area contributed by atoms with Crippen LogP contribution in [0.3, 0.4) is 0 Å². The van der Waals surface area contributed by atoms with Gasteiger partial charge in [0.05, 0.1) is 44.1 Å². The summed E-state index contributed by atoms with van der Waals surface area (Å²) in [5.41, 5.74) is 0.987. The summed E-state index contributed by atoms with van der Waals surface area (Å²) in [7, 11) is 1.63. The smallest absolute Gasteiger partial charge is 0.318 e. The molecule has 0 spiro atoms. The van der Waals surface area contributed by atoms with Crippen molar-refractivity contribution in [2.45, 2.75) is 62.9 Å². The molecule has 3 atom stereocenters. The molecule has 1 aromatic rings. The summed E-state index contributed by atoms with van der Waals surface area (Å²) in [6.07, 6.45) is 12.0. The Balaban J connectivity index is 1.54. The number of rotatable bonds is 16. The molecule has 1 saturated carbocycles. The van der Waals surface area contributed by atoms with Crippen LogP contribution >= 0.6 is 11.8 Å². The summed E-state index contributed by atoms with van der Waals surface area (Å²) in [6, 6.07) is 7.77. The van der Waals surface area contributed by atoms with E-state index in [2.05, 4.69) is 28.8 Å². The van der Waals surface area contributed by atoms with Crippen molar-refractivity contribution in [3.8, 4) is 18.1 Å². The van der Waals surface area contributed by atoms with Crippen LogP contribution in [0.15, 0.2) is 24.3 Å². The van der Waals surface area contributed by atoms with E-state index >= 15 is 0 Å². The molecule has 9 nitrogen and oxygen atoms in total. The van der Waals surface area contributed by atoms with Crippen molar-refractivity contribution in [2.24, 2.45) is 5.92 Å². The summed E-state index contributed by atoms with van der Waals surface area (Å²) in [5.74, 6) is 3.69. The Morgan fingerprint density at radius 3 is 2.58 bits per heavy atom. The molecule has 0 bridgehead atoms. The third kappa shape index (κ3) is 10.5. The normalized spacial score (nSPS) is 20.7. The van der Waals surface area contributed by atoms with Gasteiger partial charge in [-0.3, -0.25) is 4.79 Å².